The van der Waals surface area contributed by atoms with Crippen LogP contribution in [0.4, 0.5) is 5.69 Å². The van der Waals surface area contributed by atoms with Crippen molar-refractivity contribution in [1.82, 2.24) is 0 Å². The zero-order valence-corrected chi connectivity index (χ0v) is 9.58. The van der Waals surface area contributed by atoms with Gasteiger partial charge in [-0.05, 0) is 36.6 Å². The van der Waals surface area contributed by atoms with Crippen LogP contribution in [-0.2, 0) is 6.42 Å². The van der Waals surface area contributed by atoms with E-state index in [0.717, 1.165) is 12.2 Å². The summed E-state index contributed by atoms with van der Waals surface area (Å²) in [5.41, 5.74) is 9.69. The van der Waals surface area contributed by atoms with Gasteiger partial charge in [0.1, 0.15) is 5.75 Å². The van der Waals surface area contributed by atoms with Crippen molar-refractivity contribution in [2.24, 2.45) is 5.73 Å². The fourth-order valence-electron chi connectivity index (χ4n) is 2.41. The van der Waals surface area contributed by atoms with Crippen LogP contribution < -0.4 is 15.4 Å². The van der Waals surface area contributed by atoms with Crippen molar-refractivity contribution in [1.29, 1.82) is 0 Å². The molecule has 2 N–H and O–H groups in total. The normalized spacial score (nSPS) is 19.2. The molecule has 82 valence electrons. The molecule has 1 aromatic carbocycles. The van der Waals surface area contributed by atoms with Gasteiger partial charge in [0.05, 0.1) is 7.11 Å². The Morgan fingerprint density at radius 3 is 2.87 bits per heavy atom. The molecule has 1 aliphatic rings. The topological polar surface area (TPSA) is 38.5 Å². The van der Waals surface area contributed by atoms with Gasteiger partial charge in [-0.2, -0.15) is 0 Å². The van der Waals surface area contributed by atoms with Crippen LogP contribution in [0.25, 0.3) is 0 Å². The Bertz CT molecular complexity index is 376. The number of nitrogens with zero attached hydrogens (tertiary/aromatic N) is 1. The average Bonchev–Trinajstić information content (AvgIpc) is 2.55. The van der Waals surface area contributed by atoms with Crippen molar-refractivity contribution in [2.45, 2.75) is 19.4 Å². The molecular formula is C12H18N2O. The Kier molecular flexibility index (Phi) is 2.57. The number of aryl methyl sites for hydroxylation is 1. The summed E-state index contributed by atoms with van der Waals surface area (Å²) in [4.78, 5) is 2.28. The summed E-state index contributed by atoms with van der Waals surface area (Å²) in [6.07, 6.45) is 1.03. The van der Waals surface area contributed by atoms with Crippen LogP contribution in [0.15, 0.2) is 12.1 Å². The smallest absolute Gasteiger partial charge is 0.119 e. The molecule has 1 atom stereocenters. The highest BCUT2D eigenvalue weighted by Gasteiger charge is 2.27. The number of hydrogen-bond acceptors (Lipinski definition) is 3. The molecular weight excluding hydrogens is 188 g/mol. The van der Waals surface area contributed by atoms with E-state index in [4.69, 9.17) is 10.5 Å². The second-order valence-corrected chi connectivity index (χ2v) is 4.16. The predicted molar refractivity (Wildman–Crippen MR) is 62.7 cm³/mol. The number of ether oxygens (including phenoxy) is 1. The lowest BCUT2D eigenvalue weighted by molar-refractivity contribution is 0.414. The number of nitrogens with two attached hydrogens (primary N) is 1. The van der Waals surface area contributed by atoms with Crippen LogP contribution in [0.2, 0.25) is 0 Å². The third-order valence-electron chi connectivity index (χ3n) is 3.22. The SMILES string of the molecule is COc1cc(C)c2c(c1)CC(CN)N2C. The summed E-state index contributed by atoms with van der Waals surface area (Å²) in [6.45, 7) is 2.82. The van der Waals surface area contributed by atoms with Crippen molar-refractivity contribution < 1.29 is 4.74 Å². The number of rotatable bonds is 2. The maximum absolute atomic E-state index is 5.75. The minimum absolute atomic E-state index is 0.436. The first-order valence-corrected chi connectivity index (χ1v) is 5.27. The van der Waals surface area contributed by atoms with Crippen molar-refractivity contribution in [3.05, 3.63) is 23.3 Å². The van der Waals surface area contributed by atoms with E-state index >= 15 is 0 Å². The molecule has 15 heavy (non-hydrogen) atoms. The van der Waals surface area contributed by atoms with Crippen molar-refractivity contribution in [3.8, 4) is 5.75 Å². The van der Waals surface area contributed by atoms with Crippen LogP contribution in [0, 0.1) is 6.92 Å². The fraction of sp³-hybridized carbons (Fsp3) is 0.500. The van der Waals surface area contributed by atoms with Gasteiger partial charge >= 0.3 is 0 Å². The molecule has 0 spiro atoms. The minimum atomic E-state index is 0.436. The van der Waals surface area contributed by atoms with Gasteiger partial charge in [-0.25, -0.2) is 0 Å². The summed E-state index contributed by atoms with van der Waals surface area (Å²) in [7, 11) is 3.82. The Labute approximate surface area is 90.8 Å². The van der Waals surface area contributed by atoms with Crippen LogP contribution >= 0.6 is 0 Å². The van der Waals surface area contributed by atoms with Crippen molar-refractivity contribution >= 4 is 5.69 Å². The molecule has 0 saturated carbocycles. The molecule has 0 aliphatic carbocycles. The fourth-order valence-corrected chi connectivity index (χ4v) is 2.41. The Hall–Kier alpha value is -1.22. The summed E-state index contributed by atoms with van der Waals surface area (Å²) in [6, 6.07) is 4.63. The second kappa shape index (κ2) is 3.74. The van der Waals surface area contributed by atoms with Crippen LogP contribution in [0.1, 0.15) is 11.1 Å². The van der Waals surface area contributed by atoms with Gasteiger partial charge in [-0.15, -0.1) is 0 Å². The number of likely N-dealkylation sites (N-methyl/N-ethyl adjacent to an activating group) is 1. The van der Waals surface area contributed by atoms with Crippen LogP contribution in [-0.4, -0.2) is 26.7 Å². The molecule has 0 radical (unpaired) electrons. The van der Waals surface area contributed by atoms with E-state index in [-0.39, 0.29) is 0 Å². The van der Waals surface area contributed by atoms with Gasteiger partial charge < -0.3 is 15.4 Å². The molecule has 1 unspecified atom stereocenters. The van der Waals surface area contributed by atoms with E-state index in [2.05, 4.69) is 31.0 Å². The van der Waals surface area contributed by atoms with E-state index in [9.17, 15) is 0 Å². The van der Waals surface area contributed by atoms with Gasteiger partial charge in [-0.3, -0.25) is 0 Å². The monoisotopic (exact) mass is 206 g/mol. The van der Waals surface area contributed by atoms with E-state index in [1.165, 1.54) is 16.8 Å². The summed E-state index contributed by atoms with van der Waals surface area (Å²) >= 11 is 0. The molecule has 1 aliphatic heterocycles. The number of benzene rings is 1. The Balaban J connectivity index is 2.45. The third kappa shape index (κ3) is 1.57. The van der Waals surface area contributed by atoms with Gasteiger partial charge in [-0.1, -0.05) is 0 Å². The molecule has 1 aromatic rings. The quantitative estimate of drug-likeness (QED) is 0.793. The molecule has 0 saturated heterocycles. The third-order valence-corrected chi connectivity index (χ3v) is 3.22. The lowest BCUT2D eigenvalue weighted by atomic mass is 10.1. The number of fused-ring (bicyclic) bond motifs is 1. The molecule has 3 heteroatoms. The summed E-state index contributed by atoms with van der Waals surface area (Å²) in [5.74, 6) is 0.942. The maximum atomic E-state index is 5.75. The zero-order chi connectivity index (χ0) is 11.0. The van der Waals surface area contributed by atoms with E-state index in [1.54, 1.807) is 7.11 Å². The standard InChI is InChI=1S/C12H18N2O/c1-8-4-11(15-3)6-9-5-10(7-13)14(2)12(8)9/h4,6,10H,5,7,13H2,1-3H3. The van der Waals surface area contributed by atoms with Gasteiger partial charge in [0.15, 0.2) is 0 Å². The number of hydrogen-bond donors (Lipinski definition) is 1. The first-order chi connectivity index (χ1) is 7.17. The number of anilines is 1. The summed E-state index contributed by atoms with van der Waals surface area (Å²) < 4.78 is 5.27. The first kappa shape index (κ1) is 10.3. The highest BCUT2D eigenvalue weighted by atomic mass is 16.5. The van der Waals surface area contributed by atoms with Crippen LogP contribution in [0.3, 0.4) is 0 Å². The van der Waals surface area contributed by atoms with Gasteiger partial charge in [0.2, 0.25) is 0 Å². The molecule has 0 fully saturated rings. The van der Waals surface area contributed by atoms with Crippen LogP contribution in [0.5, 0.6) is 5.75 Å². The highest BCUT2D eigenvalue weighted by Crippen LogP contribution is 2.36. The first-order valence-electron chi connectivity index (χ1n) is 5.27. The lowest BCUT2D eigenvalue weighted by Crippen LogP contribution is -2.35. The lowest BCUT2D eigenvalue weighted by Gasteiger charge is -2.22. The largest absolute Gasteiger partial charge is 0.497 e. The minimum Gasteiger partial charge on any atom is -0.497 e. The Morgan fingerprint density at radius 2 is 2.27 bits per heavy atom. The average molecular weight is 206 g/mol. The molecule has 3 nitrogen and oxygen atoms in total. The summed E-state index contributed by atoms with van der Waals surface area (Å²) in [5, 5.41) is 0. The van der Waals surface area contributed by atoms with Crippen molar-refractivity contribution in [3.63, 3.8) is 0 Å². The molecule has 0 aromatic heterocycles. The zero-order valence-electron chi connectivity index (χ0n) is 9.58. The molecule has 2 rings (SSSR count). The predicted octanol–water partition coefficient (Wildman–Crippen LogP) is 1.32. The Morgan fingerprint density at radius 1 is 1.53 bits per heavy atom. The highest BCUT2D eigenvalue weighted by molar-refractivity contribution is 5.66. The second-order valence-electron chi connectivity index (χ2n) is 4.16. The van der Waals surface area contributed by atoms with Gasteiger partial charge in [0.25, 0.3) is 0 Å². The van der Waals surface area contributed by atoms with E-state index < -0.39 is 0 Å². The molecule has 0 amide bonds. The van der Waals surface area contributed by atoms with Crippen molar-refractivity contribution in [2.75, 3.05) is 25.6 Å². The maximum Gasteiger partial charge on any atom is 0.119 e. The molecule has 0 bridgehead atoms. The number of methoxy groups -OCH3 is 1. The van der Waals surface area contributed by atoms with Gasteiger partial charge in [0, 0.05) is 25.3 Å². The molecule has 1 heterocycles. The van der Waals surface area contributed by atoms with E-state index in [1.807, 2.05) is 0 Å². The van der Waals surface area contributed by atoms with E-state index in [0.29, 0.717) is 12.6 Å².